The van der Waals surface area contributed by atoms with Crippen LogP contribution in [0.25, 0.3) is 0 Å². The Balaban J connectivity index is 1.96. The van der Waals surface area contributed by atoms with E-state index >= 15 is 0 Å². The normalized spacial score (nSPS) is 18.0. The predicted molar refractivity (Wildman–Crippen MR) is 67.2 cm³/mol. The molecule has 2 rings (SSSR count). The summed E-state index contributed by atoms with van der Waals surface area (Å²) in [6.45, 7) is 1.80. The van der Waals surface area contributed by atoms with Gasteiger partial charge < -0.3 is 10.2 Å². The average molecular weight is 287 g/mol. The van der Waals surface area contributed by atoms with Crippen LogP contribution in [0.3, 0.4) is 0 Å². The van der Waals surface area contributed by atoms with E-state index in [1.807, 2.05) is 7.05 Å². The Labute approximate surface area is 115 Å². The first kappa shape index (κ1) is 14.8. The van der Waals surface area contributed by atoms with Crippen LogP contribution in [-0.2, 0) is 6.18 Å². The summed E-state index contributed by atoms with van der Waals surface area (Å²) in [5.41, 5.74) is -0.842. The number of alkyl halides is 3. The van der Waals surface area contributed by atoms with Crippen LogP contribution in [0.4, 0.5) is 13.2 Å². The molecule has 0 saturated carbocycles. The molecule has 1 fully saturated rings. The van der Waals surface area contributed by atoms with E-state index in [4.69, 9.17) is 0 Å². The van der Waals surface area contributed by atoms with Gasteiger partial charge in [-0.05, 0) is 45.1 Å². The lowest BCUT2D eigenvalue weighted by atomic mass is 10.1. The first-order valence-corrected chi connectivity index (χ1v) is 6.39. The fourth-order valence-corrected chi connectivity index (χ4v) is 2.12. The van der Waals surface area contributed by atoms with Crippen LogP contribution >= 0.6 is 0 Å². The highest BCUT2D eigenvalue weighted by Crippen LogP contribution is 2.27. The minimum absolute atomic E-state index is 0.0704. The molecule has 20 heavy (non-hydrogen) atoms. The number of halogens is 3. The van der Waals surface area contributed by atoms with E-state index in [-0.39, 0.29) is 17.5 Å². The van der Waals surface area contributed by atoms with Gasteiger partial charge in [-0.15, -0.1) is 0 Å². The zero-order chi connectivity index (χ0) is 14.8. The molecule has 2 heterocycles. The van der Waals surface area contributed by atoms with Crippen LogP contribution in [0, 0.1) is 0 Å². The van der Waals surface area contributed by atoms with E-state index in [1.54, 1.807) is 0 Å². The Morgan fingerprint density at radius 3 is 2.50 bits per heavy atom. The first-order valence-electron chi connectivity index (χ1n) is 6.39. The van der Waals surface area contributed by atoms with Gasteiger partial charge in [0.2, 0.25) is 0 Å². The van der Waals surface area contributed by atoms with Crippen molar-refractivity contribution in [1.29, 1.82) is 0 Å². The summed E-state index contributed by atoms with van der Waals surface area (Å²) < 4.78 is 37.1. The number of hydrogen-bond donors (Lipinski definition) is 1. The number of carbonyl (C=O) groups is 1. The van der Waals surface area contributed by atoms with Crippen molar-refractivity contribution in [3.8, 4) is 0 Å². The van der Waals surface area contributed by atoms with E-state index in [0.29, 0.717) is 0 Å². The molecular formula is C13H16F3N3O. The number of likely N-dealkylation sites (tertiary alicyclic amines) is 1. The van der Waals surface area contributed by atoms with Crippen molar-refractivity contribution >= 4 is 5.91 Å². The van der Waals surface area contributed by atoms with Gasteiger partial charge in [-0.25, -0.2) is 0 Å². The van der Waals surface area contributed by atoms with Gasteiger partial charge >= 0.3 is 6.18 Å². The van der Waals surface area contributed by atoms with Crippen molar-refractivity contribution in [2.45, 2.75) is 25.1 Å². The van der Waals surface area contributed by atoms with Crippen LogP contribution in [0.1, 0.15) is 28.9 Å². The molecule has 1 aliphatic heterocycles. The number of nitrogens with one attached hydrogen (secondary N) is 1. The number of amides is 1. The number of pyridine rings is 1. The molecule has 1 aromatic rings. The zero-order valence-corrected chi connectivity index (χ0v) is 11.1. The highest BCUT2D eigenvalue weighted by molar-refractivity contribution is 5.94. The molecule has 0 aliphatic carbocycles. The molecule has 0 aromatic carbocycles. The van der Waals surface area contributed by atoms with Gasteiger partial charge in [-0.1, -0.05) is 0 Å². The summed E-state index contributed by atoms with van der Waals surface area (Å²) >= 11 is 0. The number of piperidine rings is 1. The molecule has 110 valence electrons. The molecule has 7 heteroatoms. The van der Waals surface area contributed by atoms with Crippen molar-refractivity contribution in [3.05, 3.63) is 29.6 Å². The second kappa shape index (κ2) is 5.78. The maximum Gasteiger partial charge on any atom is 0.433 e. The molecule has 1 aliphatic rings. The summed E-state index contributed by atoms with van der Waals surface area (Å²) in [4.78, 5) is 17.4. The molecule has 4 nitrogen and oxygen atoms in total. The monoisotopic (exact) mass is 287 g/mol. The third-order valence-electron chi connectivity index (χ3n) is 3.37. The third-order valence-corrected chi connectivity index (χ3v) is 3.37. The Bertz CT molecular complexity index is 465. The van der Waals surface area contributed by atoms with E-state index < -0.39 is 11.9 Å². The van der Waals surface area contributed by atoms with Gasteiger partial charge in [-0.2, -0.15) is 13.2 Å². The lowest BCUT2D eigenvalue weighted by Crippen LogP contribution is -2.43. The maximum absolute atomic E-state index is 12.4. The summed E-state index contributed by atoms with van der Waals surface area (Å²) in [7, 11) is 2.01. The Morgan fingerprint density at radius 2 is 2.00 bits per heavy atom. The van der Waals surface area contributed by atoms with E-state index in [1.165, 1.54) is 0 Å². The molecule has 1 N–H and O–H groups in total. The van der Waals surface area contributed by atoms with Crippen LogP contribution in [0.2, 0.25) is 0 Å². The van der Waals surface area contributed by atoms with Gasteiger partial charge in [0, 0.05) is 12.2 Å². The summed E-state index contributed by atoms with van der Waals surface area (Å²) in [6, 6.07) is 2.05. The van der Waals surface area contributed by atoms with E-state index in [2.05, 4.69) is 15.2 Å². The van der Waals surface area contributed by atoms with Crippen LogP contribution in [0.15, 0.2) is 18.3 Å². The smallest absolute Gasteiger partial charge is 0.349 e. The lowest BCUT2D eigenvalue weighted by molar-refractivity contribution is -0.141. The Hall–Kier alpha value is -1.63. The Morgan fingerprint density at radius 1 is 1.35 bits per heavy atom. The van der Waals surface area contributed by atoms with Crippen molar-refractivity contribution in [3.63, 3.8) is 0 Å². The van der Waals surface area contributed by atoms with Gasteiger partial charge in [0.05, 0.1) is 5.56 Å². The van der Waals surface area contributed by atoms with E-state index in [0.717, 1.165) is 44.3 Å². The third kappa shape index (κ3) is 3.69. The highest BCUT2D eigenvalue weighted by atomic mass is 19.4. The number of hydrogen-bond acceptors (Lipinski definition) is 3. The zero-order valence-electron chi connectivity index (χ0n) is 11.1. The van der Waals surface area contributed by atoms with Gasteiger partial charge in [0.1, 0.15) is 5.69 Å². The molecule has 0 unspecified atom stereocenters. The molecule has 1 aromatic heterocycles. The van der Waals surface area contributed by atoms with Crippen molar-refractivity contribution in [2.75, 3.05) is 20.1 Å². The molecule has 0 atom stereocenters. The van der Waals surface area contributed by atoms with Crippen LogP contribution < -0.4 is 5.32 Å². The summed E-state index contributed by atoms with van der Waals surface area (Å²) in [5, 5.41) is 2.83. The molecule has 0 bridgehead atoms. The number of carbonyl (C=O) groups excluding carboxylic acids is 1. The van der Waals surface area contributed by atoms with E-state index in [9.17, 15) is 18.0 Å². The SMILES string of the molecule is CN1CCC(NC(=O)c2ccc(C(F)(F)F)nc2)CC1. The molecule has 0 radical (unpaired) electrons. The topological polar surface area (TPSA) is 45.2 Å². The van der Waals surface area contributed by atoms with Crippen LogP contribution in [0.5, 0.6) is 0 Å². The average Bonchev–Trinajstić information content (AvgIpc) is 2.40. The fourth-order valence-electron chi connectivity index (χ4n) is 2.12. The second-order valence-corrected chi connectivity index (χ2v) is 4.98. The standard InChI is InChI=1S/C13H16F3N3O/c1-19-6-4-10(5-7-19)18-12(20)9-2-3-11(17-8-9)13(14,15)16/h2-3,8,10H,4-7H2,1H3,(H,18,20). The molecule has 1 saturated heterocycles. The lowest BCUT2D eigenvalue weighted by Gasteiger charge is -2.29. The number of nitrogens with zero attached hydrogens (tertiary/aromatic N) is 2. The fraction of sp³-hybridized carbons (Fsp3) is 0.538. The van der Waals surface area contributed by atoms with Gasteiger partial charge in [0.15, 0.2) is 0 Å². The van der Waals surface area contributed by atoms with Crippen LogP contribution in [-0.4, -0.2) is 42.0 Å². The van der Waals surface area contributed by atoms with Gasteiger partial charge in [-0.3, -0.25) is 9.78 Å². The van der Waals surface area contributed by atoms with Crippen molar-refractivity contribution in [1.82, 2.24) is 15.2 Å². The van der Waals surface area contributed by atoms with Crippen molar-refractivity contribution in [2.24, 2.45) is 0 Å². The molecule has 0 spiro atoms. The summed E-state index contributed by atoms with van der Waals surface area (Å²) in [5.74, 6) is -0.374. The quantitative estimate of drug-likeness (QED) is 0.904. The predicted octanol–water partition coefficient (Wildman–Crippen LogP) is 1.92. The number of aromatic nitrogens is 1. The first-order chi connectivity index (χ1) is 9.36. The Kier molecular flexibility index (Phi) is 4.27. The second-order valence-electron chi connectivity index (χ2n) is 4.98. The van der Waals surface area contributed by atoms with Crippen molar-refractivity contribution < 1.29 is 18.0 Å². The maximum atomic E-state index is 12.4. The molecule has 1 amide bonds. The minimum atomic E-state index is -4.48. The highest BCUT2D eigenvalue weighted by Gasteiger charge is 2.32. The summed E-state index contributed by atoms with van der Waals surface area (Å²) in [6.07, 6.45) is -1.83. The molecular weight excluding hydrogens is 271 g/mol. The van der Waals surface area contributed by atoms with Gasteiger partial charge in [0.25, 0.3) is 5.91 Å². The number of rotatable bonds is 2. The largest absolute Gasteiger partial charge is 0.433 e. The minimum Gasteiger partial charge on any atom is -0.349 e.